The number of carbonyl (C=O) groups is 1. The monoisotopic (exact) mass is 341 g/mol. The quantitative estimate of drug-likeness (QED) is 0.734. The lowest BCUT2D eigenvalue weighted by atomic mass is 9.89. The fourth-order valence-corrected chi connectivity index (χ4v) is 3.54. The molecule has 0 aromatic heterocycles. The number of piperidine rings is 1. The molecule has 0 spiro atoms. The van der Waals surface area contributed by atoms with Gasteiger partial charge in [0.05, 0.1) is 0 Å². The Kier molecular flexibility index (Phi) is 5.57. The van der Waals surface area contributed by atoms with Crippen molar-refractivity contribution in [3.63, 3.8) is 0 Å². The van der Waals surface area contributed by atoms with E-state index < -0.39 is 5.38 Å². The van der Waals surface area contributed by atoms with Crippen LogP contribution in [0, 0.1) is 5.92 Å². The number of alkyl halides is 1. The molecule has 1 aliphatic heterocycles. The summed E-state index contributed by atoms with van der Waals surface area (Å²) in [7, 11) is 0. The van der Waals surface area contributed by atoms with E-state index in [4.69, 9.17) is 11.6 Å². The summed E-state index contributed by atoms with van der Waals surface area (Å²) in [5, 5.41) is -0.410. The average Bonchev–Trinajstić information content (AvgIpc) is 2.63. The summed E-state index contributed by atoms with van der Waals surface area (Å²) in [4.78, 5) is 13.8. The van der Waals surface area contributed by atoms with E-state index in [0.29, 0.717) is 5.92 Å². The van der Waals surface area contributed by atoms with E-state index in [-0.39, 0.29) is 5.91 Å². The molecule has 2 aromatic carbocycles. The second kappa shape index (κ2) is 7.85. The SMILES string of the molecule is C[C@@H](Cl)C(=O)N1CCC(Cc2ccc(-c3ccccc3)cc2)CC1. The minimum atomic E-state index is -0.410. The molecule has 0 saturated carbocycles. The van der Waals surface area contributed by atoms with Gasteiger partial charge >= 0.3 is 0 Å². The molecule has 0 aliphatic carbocycles. The number of halogens is 1. The Bertz CT molecular complexity index is 658. The van der Waals surface area contributed by atoms with Crippen molar-refractivity contribution in [1.29, 1.82) is 0 Å². The molecule has 0 bridgehead atoms. The van der Waals surface area contributed by atoms with Crippen LogP contribution in [0.4, 0.5) is 0 Å². The van der Waals surface area contributed by atoms with Crippen LogP contribution in [-0.2, 0) is 11.2 Å². The first kappa shape index (κ1) is 17.0. The van der Waals surface area contributed by atoms with Crippen molar-refractivity contribution in [2.45, 2.75) is 31.6 Å². The number of hydrogen-bond acceptors (Lipinski definition) is 1. The molecule has 0 N–H and O–H groups in total. The van der Waals surface area contributed by atoms with E-state index in [1.807, 2.05) is 11.0 Å². The molecule has 0 radical (unpaired) electrons. The topological polar surface area (TPSA) is 20.3 Å². The third-order valence-corrected chi connectivity index (χ3v) is 5.04. The zero-order valence-electron chi connectivity index (χ0n) is 14.1. The van der Waals surface area contributed by atoms with Crippen molar-refractivity contribution in [3.05, 3.63) is 60.2 Å². The van der Waals surface area contributed by atoms with Gasteiger partial charge in [-0.05, 0) is 48.8 Å². The Morgan fingerprint density at radius 3 is 2.21 bits per heavy atom. The Morgan fingerprint density at radius 2 is 1.62 bits per heavy atom. The van der Waals surface area contributed by atoms with Gasteiger partial charge in [-0.15, -0.1) is 11.6 Å². The first-order valence-corrected chi connectivity index (χ1v) is 9.14. The highest BCUT2D eigenvalue weighted by Crippen LogP contribution is 2.25. The zero-order chi connectivity index (χ0) is 16.9. The van der Waals surface area contributed by atoms with Gasteiger partial charge in [-0.25, -0.2) is 0 Å². The van der Waals surface area contributed by atoms with Crippen LogP contribution in [0.15, 0.2) is 54.6 Å². The van der Waals surface area contributed by atoms with E-state index in [9.17, 15) is 4.79 Å². The predicted octanol–water partition coefficient (Wildman–Crippen LogP) is 4.76. The number of benzene rings is 2. The van der Waals surface area contributed by atoms with Crippen molar-refractivity contribution in [2.75, 3.05) is 13.1 Å². The molecule has 1 saturated heterocycles. The average molecular weight is 342 g/mol. The molecule has 1 aliphatic rings. The van der Waals surface area contributed by atoms with Gasteiger partial charge in [-0.1, -0.05) is 54.6 Å². The summed E-state index contributed by atoms with van der Waals surface area (Å²) in [5.41, 5.74) is 3.90. The molecule has 3 heteroatoms. The van der Waals surface area contributed by atoms with E-state index in [1.54, 1.807) is 6.92 Å². The van der Waals surface area contributed by atoms with Gasteiger partial charge in [-0.2, -0.15) is 0 Å². The fraction of sp³-hybridized carbons (Fsp3) is 0.381. The summed E-state index contributed by atoms with van der Waals surface area (Å²) in [6, 6.07) is 19.3. The maximum absolute atomic E-state index is 11.9. The summed E-state index contributed by atoms with van der Waals surface area (Å²) in [6.45, 7) is 3.43. The van der Waals surface area contributed by atoms with Crippen molar-refractivity contribution in [1.82, 2.24) is 4.90 Å². The summed E-state index contributed by atoms with van der Waals surface area (Å²) < 4.78 is 0. The molecular formula is C21H24ClNO. The van der Waals surface area contributed by atoms with Crippen molar-refractivity contribution < 1.29 is 4.79 Å². The number of likely N-dealkylation sites (tertiary alicyclic amines) is 1. The first-order chi connectivity index (χ1) is 11.6. The van der Waals surface area contributed by atoms with E-state index in [1.165, 1.54) is 16.7 Å². The van der Waals surface area contributed by atoms with Crippen molar-refractivity contribution >= 4 is 17.5 Å². The maximum atomic E-state index is 11.9. The summed E-state index contributed by atoms with van der Waals surface area (Å²) >= 11 is 5.90. The van der Waals surface area contributed by atoms with Crippen LogP contribution in [0.3, 0.4) is 0 Å². The number of amides is 1. The highest BCUT2D eigenvalue weighted by atomic mass is 35.5. The normalized spacial score (nSPS) is 16.8. The van der Waals surface area contributed by atoms with Gasteiger partial charge in [0.15, 0.2) is 0 Å². The molecule has 1 atom stereocenters. The molecule has 2 nitrogen and oxygen atoms in total. The number of rotatable bonds is 4. The van der Waals surface area contributed by atoms with Crippen LogP contribution < -0.4 is 0 Å². The second-order valence-electron chi connectivity index (χ2n) is 6.65. The van der Waals surface area contributed by atoms with Gasteiger partial charge < -0.3 is 4.90 Å². The third-order valence-electron chi connectivity index (χ3n) is 4.85. The Hall–Kier alpha value is -1.80. The molecule has 3 rings (SSSR count). The first-order valence-electron chi connectivity index (χ1n) is 8.70. The molecule has 1 heterocycles. The van der Waals surface area contributed by atoms with E-state index in [2.05, 4.69) is 48.5 Å². The van der Waals surface area contributed by atoms with E-state index in [0.717, 1.165) is 32.4 Å². The number of carbonyl (C=O) groups excluding carboxylic acids is 1. The van der Waals surface area contributed by atoms with Crippen LogP contribution in [-0.4, -0.2) is 29.3 Å². The van der Waals surface area contributed by atoms with Gasteiger partial charge in [0.1, 0.15) is 5.38 Å². The second-order valence-corrected chi connectivity index (χ2v) is 7.31. The Morgan fingerprint density at radius 1 is 1.04 bits per heavy atom. The number of hydrogen-bond donors (Lipinski definition) is 0. The minimum absolute atomic E-state index is 0.0716. The largest absolute Gasteiger partial charge is 0.341 e. The highest BCUT2D eigenvalue weighted by Gasteiger charge is 2.25. The molecule has 1 fully saturated rings. The zero-order valence-corrected chi connectivity index (χ0v) is 14.9. The molecule has 1 amide bonds. The third kappa shape index (κ3) is 4.18. The van der Waals surface area contributed by atoms with Crippen LogP contribution in [0.2, 0.25) is 0 Å². The van der Waals surface area contributed by atoms with Crippen molar-refractivity contribution in [3.8, 4) is 11.1 Å². The van der Waals surface area contributed by atoms with E-state index >= 15 is 0 Å². The Balaban J connectivity index is 1.55. The highest BCUT2D eigenvalue weighted by molar-refractivity contribution is 6.30. The van der Waals surface area contributed by atoms with Crippen LogP contribution in [0.5, 0.6) is 0 Å². The fourth-order valence-electron chi connectivity index (χ4n) is 3.41. The molecule has 126 valence electrons. The van der Waals surface area contributed by atoms with Gasteiger partial charge in [0.25, 0.3) is 0 Å². The minimum Gasteiger partial charge on any atom is -0.341 e. The molecule has 0 unspecified atom stereocenters. The lowest BCUT2D eigenvalue weighted by molar-refractivity contribution is -0.131. The molecular weight excluding hydrogens is 318 g/mol. The number of nitrogens with zero attached hydrogens (tertiary/aromatic N) is 1. The van der Waals surface area contributed by atoms with Crippen LogP contribution >= 0.6 is 11.6 Å². The summed E-state index contributed by atoms with van der Waals surface area (Å²) in [5.74, 6) is 0.726. The van der Waals surface area contributed by atoms with Gasteiger partial charge in [0, 0.05) is 13.1 Å². The molecule has 24 heavy (non-hydrogen) atoms. The van der Waals surface area contributed by atoms with Crippen LogP contribution in [0.25, 0.3) is 11.1 Å². The van der Waals surface area contributed by atoms with Crippen LogP contribution in [0.1, 0.15) is 25.3 Å². The maximum Gasteiger partial charge on any atom is 0.240 e. The van der Waals surface area contributed by atoms with Crippen molar-refractivity contribution in [2.24, 2.45) is 5.92 Å². The summed E-state index contributed by atoms with van der Waals surface area (Å²) in [6.07, 6.45) is 3.22. The predicted molar refractivity (Wildman–Crippen MR) is 100 cm³/mol. The smallest absolute Gasteiger partial charge is 0.240 e. The Labute approximate surface area is 149 Å². The lowest BCUT2D eigenvalue weighted by Crippen LogP contribution is -2.41. The van der Waals surface area contributed by atoms with Gasteiger partial charge in [0.2, 0.25) is 5.91 Å². The standard InChI is InChI=1S/C21H24ClNO/c1-16(22)21(24)23-13-11-18(12-14-23)15-17-7-9-20(10-8-17)19-5-3-2-4-6-19/h2-10,16,18H,11-15H2,1H3/t16-/m1/s1. The molecule has 2 aromatic rings. The van der Waals surface area contributed by atoms with Gasteiger partial charge in [-0.3, -0.25) is 4.79 Å². The lowest BCUT2D eigenvalue weighted by Gasteiger charge is -2.32.